The van der Waals surface area contributed by atoms with E-state index in [-0.39, 0.29) is 0 Å². The molecule has 1 saturated heterocycles. The zero-order valence-corrected chi connectivity index (χ0v) is 8.02. The third kappa shape index (κ3) is 2.22. The van der Waals surface area contributed by atoms with Crippen LogP contribution in [-0.4, -0.2) is 47.0 Å². The normalized spacial score (nSPS) is 37.4. The van der Waals surface area contributed by atoms with Crippen molar-refractivity contribution < 1.29 is 10.2 Å². The molecular weight excluding hydrogens is 166 g/mol. The quantitative estimate of drug-likeness (QED) is 0.646. The van der Waals surface area contributed by atoms with E-state index in [0.717, 1.165) is 12.5 Å². The highest BCUT2D eigenvalue weighted by molar-refractivity contribution is 4.85. The maximum Gasteiger partial charge on any atom is 0.0938 e. The second-order valence-corrected chi connectivity index (χ2v) is 4.50. The van der Waals surface area contributed by atoms with Gasteiger partial charge in [0, 0.05) is 19.6 Å². The van der Waals surface area contributed by atoms with Crippen molar-refractivity contribution in [2.45, 2.75) is 37.9 Å². The molecule has 0 aromatic carbocycles. The van der Waals surface area contributed by atoms with Gasteiger partial charge in [-0.05, 0) is 18.8 Å². The van der Waals surface area contributed by atoms with Gasteiger partial charge in [0.1, 0.15) is 0 Å². The molecule has 0 radical (unpaired) electrons. The predicted octanol–water partition coefficient (Wildman–Crippen LogP) is 0.214. The highest BCUT2D eigenvalue weighted by Gasteiger charge is 2.31. The van der Waals surface area contributed by atoms with Crippen molar-refractivity contribution in [3.63, 3.8) is 0 Å². The minimum Gasteiger partial charge on any atom is -0.389 e. The van der Waals surface area contributed by atoms with Crippen molar-refractivity contribution in [3.05, 3.63) is 0 Å². The third-order valence-corrected chi connectivity index (χ3v) is 3.33. The van der Waals surface area contributed by atoms with E-state index < -0.39 is 12.2 Å². The van der Waals surface area contributed by atoms with Crippen LogP contribution in [0.25, 0.3) is 0 Å². The van der Waals surface area contributed by atoms with Crippen LogP contribution >= 0.6 is 0 Å². The van der Waals surface area contributed by atoms with Gasteiger partial charge in [0.25, 0.3) is 0 Å². The van der Waals surface area contributed by atoms with E-state index in [1.165, 1.54) is 25.7 Å². The van der Waals surface area contributed by atoms with E-state index in [2.05, 4.69) is 4.90 Å². The van der Waals surface area contributed by atoms with Gasteiger partial charge in [0.2, 0.25) is 0 Å². The van der Waals surface area contributed by atoms with Gasteiger partial charge in [-0.15, -0.1) is 0 Å². The van der Waals surface area contributed by atoms with Crippen LogP contribution in [-0.2, 0) is 0 Å². The van der Waals surface area contributed by atoms with Gasteiger partial charge >= 0.3 is 0 Å². The Morgan fingerprint density at radius 2 is 1.54 bits per heavy atom. The Labute approximate surface area is 79.4 Å². The summed E-state index contributed by atoms with van der Waals surface area (Å²) in [5.74, 6) is 0.817. The summed E-state index contributed by atoms with van der Waals surface area (Å²) < 4.78 is 0. The monoisotopic (exact) mass is 185 g/mol. The zero-order chi connectivity index (χ0) is 9.26. The van der Waals surface area contributed by atoms with Crippen molar-refractivity contribution in [1.82, 2.24) is 4.90 Å². The van der Waals surface area contributed by atoms with Crippen LogP contribution in [0.3, 0.4) is 0 Å². The Morgan fingerprint density at radius 1 is 1.00 bits per heavy atom. The van der Waals surface area contributed by atoms with Crippen molar-refractivity contribution in [2.24, 2.45) is 5.92 Å². The number of β-amino-alcohol motifs (C(OH)–C–C–N with tert-alkyl or cyclic N) is 2. The summed E-state index contributed by atoms with van der Waals surface area (Å²) in [4.78, 5) is 2.20. The number of hydrogen-bond acceptors (Lipinski definition) is 3. The molecule has 3 nitrogen and oxygen atoms in total. The maximum atomic E-state index is 9.35. The molecule has 2 unspecified atom stereocenters. The van der Waals surface area contributed by atoms with Crippen LogP contribution in [0.4, 0.5) is 0 Å². The minimum absolute atomic E-state index is 0.513. The van der Waals surface area contributed by atoms with Crippen LogP contribution in [0.2, 0.25) is 0 Å². The molecule has 0 spiro atoms. The highest BCUT2D eigenvalue weighted by atomic mass is 16.3. The molecule has 1 heterocycles. The van der Waals surface area contributed by atoms with E-state index in [4.69, 9.17) is 0 Å². The lowest BCUT2D eigenvalue weighted by molar-refractivity contribution is 0.0572. The summed E-state index contributed by atoms with van der Waals surface area (Å²) in [5.41, 5.74) is 0. The van der Waals surface area contributed by atoms with Gasteiger partial charge in [0.05, 0.1) is 12.2 Å². The second kappa shape index (κ2) is 3.95. The molecule has 1 aliphatic carbocycles. The van der Waals surface area contributed by atoms with Gasteiger partial charge in [-0.2, -0.15) is 0 Å². The molecule has 1 aliphatic heterocycles. The molecule has 0 amide bonds. The number of nitrogens with zero attached hydrogens (tertiary/aromatic N) is 1. The Balaban J connectivity index is 1.76. The average Bonchev–Trinajstić information content (AvgIpc) is 2.64. The van der Waals surface area contributed by atoms with Gasteiger partial charge in [-0.25, -0.2) is 0 Å². The molecule has 3 heteroatoms. The molecule has 0 bridgehead atoms. The van der Waals surface area contributed by atoms with Gasteiger partial charge in [0.15, 0.2) is 0 Å². The first-order valence-corrected chi connectivity index (χ1v) is 5.34. The fourth-order valence-electron chi connectivity index (χ4n) is 2.55. The molecule has 2 fully saturated rings. The number of likely N-dealkylation sites (tertiary alicyclic amines) is 1. The number of aliphatic hydroxyl groups excluding tert-OH is 2. The standard InChI is InChI=1S/C10H19NO2/c12-9-6-11(7-10(9)13)5-8-3-1-2-4-8/h8-10,12-13H,1-7H2. The SMILES string of the molecule is OC1CN(CC2CCCC2)CC1O. The van der Waals surface area contributed by atoms with E-state index in [1.807, 2.05) is 0 Å². The predicted molar refractivity (Wildman–Crippen MR) is 50.4 cm³/mol. The van der Waals surface area contributed by atoms with Gasteiger partial charge in [-0.3, -0.25) is 4.90 Å². The molecule has 76 valence electrons. The first-order valence-electron chi connectivity index (χ1n) is 5.34. The lowest BCUT2D eigenvalue weighted by Crippen LogP contribution is -2.27. The van der Waals surface area contributed by atoms with Crippen molar-refractivity contribution in [1.29, 1.82) is 0 Å². The van der Waals surface area contributed by atoms with Crippen LogP contribution < -0.4 is 0 Å². The van der Waals surface area contributed by atoms with Crippen LogP contribution in [0.5, 0.6) is 0 Å². The van der Waals surface area contributed by atoms with Crippen molar-refractivity contribution in [3.8, 4) is 0 Å². The summed E-state index contributed by atoms with van der Waals surface area (Å²) in [6.45, 7) is 2.41. The van der Waals surface area contributed by atoms with Gasteiger partial charge in [-0.1, -0.05) is 12.8 Å². The summed E-state index contributed by atoms with van der Waals surface area (Å²) in [7, 11) is 0. The molecule has 2 N–H and O–H groups in total. The van der Waals surface area contributed by atoms with Crippen LogP contribution in [0.15, 0.2) is 0 Å². The second-order valence-electron chi connectivity index (χ2n) is 4.50. The fraction of sp³-hybridized carbons (Fsp3) is 1.00. The molecule has 13 heavy (non-hydrogen) atoms. The first-order chi connectivity index (χ1) is 6.25. The fourth-order valence-corrected chi connectivity index (χ4v) is 2.55. The smallest absolute Gasteiger partial charge is 0.0938 e. The van der Waals surface area contributed by atoms with Crippen LogP contribution in [0.1, 0.15) is 25.7 Å². The summed E-state index contributed by atoms with van der Waals surface area (Å²) in [5, 5.41) is 18.7. The Kier molecular flexibility index (Phi) is 2.86. The first kappa shape index (κ1) is 9.44. The zero-order valence-electron chi connectivity index (χ0n) is 8.02. The molecule has 0 aromatic heterocycles. The lowest BCUT2D eigenvalue weighted by Gasteiger charge is -2.19. The summed E-state index contributed by atoms with van der Waals surface area (Å²) in [6.07, 6.45) is 4.38. The minimum atomic E-state index is -0.513. The Morgan fingerprint density at radius 3 is 2.08 bits per heavy atom. The maximum absolute atomic E-state index is 9.35. The molecular formula is C10H19NO2. The van der Waals surface area contributed by atoms with E-state index in [9.17, 15) is 10.2 Å². The topological polar surface area (TPSA) is 43.7 Å². The third-order valence-electron chi connectivity index (χ3n) is 3.33. The molecule has 2 atom stereocenters. The number of hydrogen-bond donors (Lipinski definition) is 2. The molecule has 1 saturated carbocycles. The Hall–Kier alpha value is -0.120. The average molecular weight is 185 g/mol. The van der Waals surface area contributed by atoms with E-state index >= 15 is 0 Å². The van der Waals surface area contributed by atoms with Gasteiger partial charge < -0.3 is 10.2 Å². The van der Waals surface area contributed by atoms with Crippen LogP contribution in [0, 0.1) is 5.92 Å². The van der Waals surface area contributed by atoms with E-state index in [1.54, 1.807) is 0 Å². The van der Waals surface area contributed by atoms with Crippen molar-refractivity contribution in [2.75, 3.05) is 19.6 Å². The van der Waals surface area contributed by atoms with Crippen molar-refractivity contribution >= 4 is 0 Å². The number of aliphatic hydroxyl groups is 2. The summed E-state index contributed by atoms with van der Waals surface area (Å²) in [6, 6.07) is 0. The summed E-state index contributed by atoms with van der Waals surface area (Å²) >= 11 is 0. The largest absolute Gasteiger partial charge is 0.389 e. The molecule has 2 rings (SSSR count). The Bertz CT molecular complexity index is 158. The highest BCUT2D eigenvalue weighted by Crippen LogP contribution is 2.26. The van der Waals surface area contributed by atoms with E-state index in [0.29, 0.717) is 13.1 Å². The molecule has 2 aliphatic rings. The number of rotatable bonds is 2. The lowest BCUT2D eigenvalue weighted by atomic mass is 10.1. The molecule has 0 aromatic rings.